The third-order valence-electron chi connectivity index (χ3n) is 2.81. The van der Waals surface area contributed by atoms with Crippen molar-refractivity contribution in [1.82, 2.24) is 4.90 Å². The van der Waals surface area contributed by atoms with E-state index in [0.717, 1.165) is 16.4 Å². The van der Waals surface area contributed by atoms with Gasteiger partial charge in [-0.25, -0.2) is 0 Å². The molecule has 2 rings (SSSR count). The number of pyridine rings is 1. The summed E-state index contributed by atoms with van der Waals surface area (Å²) in [5.74, 6) is 0. The SMILES string of the molecule is CC1C[N+](C)=C(Sc2cccc[n+]2[O-])N1C.F[P-](F)(F)(F)(F)F. The summed E-state index contributed by atoms with van der Waals surface area (Å²) in [5.41, 5.74) is 0. The van der Waals surface area contributed by atoms with Crippen LogP contribution < -0.4 is 4.73 Å². The third kappa shape index (κ3) is 8.26. The van der Waals surface area contributed by atoms with Gasteiger partial charge in [0.05, 0.1) is 25.9 Å². The average Bonchev–Trinajstić information content (AvgIpc) is 2.54. The molecule has 1 aliphatic rings. The van der Waals surface area contributed by atoms with E-state index in [1.54, 1.807) is 6.07 Å². The maximum absolute atomic E-state index is 11.5. The van der Waals surface area contributed by atoms with Crippen molar-refractivity contribution >= 4 is 24.7 Å². The second-order valence-corrected chi connectivity index (χ2v) is 7.95. The molecule has 23 heavy (non-hydrogen) atoms. The van der Waals surface area contributed by atoms with E-state index in [2.05, 4.69) is 30.5 Å². The minimum absolute atomic E-state index is 0.497. The van der Waals surface area contributed by atoms with Gasteiger partial charge in [0.1, 0.15) is 12.6 Å². The summed E-state index contributed by atoms with van der Waals surface area (Å²) < 4.78 is 62.3. The Hall–Kier alpha value is -1.22. The van der Waals surface area contributed by atoms with Crippen molar-refractivity contribution in [2.75, 3.05) is 20.6 Å². The fourth-order valence-electron chi connectivity index (χ4n) is 1.79. The topological polar surface area (TPSA) is 33.2 Å². The molecule has 1 atom stereocenters. The Labute approximate surface area is 133 Å². The van der Waals surface area contributed by atoms with Crippen molar-refractivity contribution in [3.8, 4) is 0 Å². The van der Waals surface area contributed by atoms with Gasteiger partial charge in [-0.05, 0) is 13.0 Å². The van der Waals surface area contributed by atoms with Gasteiger partial charge in [0.25, 0.3) is 5.03 Å². The van der Waals surface area contributed by atoms with Crippen molar-refractivity contribution in [3.63, 3.8) is 0 Å². The number of aromatic nitrogens is 1. The molecule has 134 valence electrons. The number of amidine groups is 1. The Morgan fingerprint density at radius 2 is 1.74 bits per heavy atom. The van der Waals surface area contributed by atoms with E-state index in [4.69, 9.17) is 0 Å². The van der Waals surface area contributed by atoms with Gasteiger partial charge in [0.2, 0.25) is 0 Å². The van der Waals surface area contributed by atoms with Crippen molar-refractivity contribution in [1.29, 1.82) is 0 Å². The molecule has 12 heteroatoms. The van der Waals surface area contributed by atoms with E-state index in [0.29, 0.717) is 11.1 Å². The molecular formula is C11H16F6N3OPS. The Morgan fingerprint density at radius 3 is 2.13 bits per heavy atom. The van der Waals surface area contributed by atoms with Crippen LogP contribution >= 0.6 is 19.6 Å². The molecule has 1 aromatic rings. The second-order valence-electron chi connectivity index (χ2n) is 5.05. The molecule has 0 fully saturated rings. The monoisotopic (exact) mass is 383 g/mol. The maximum atomic E-state index is 11.5. The van der Waals surface area contributed by atoms with Crippen molar-refractivity contribution in [2.24, 2.45) is 0 Å². The van der Waals surface area contributed by atoms with E-state index in [-0.39, 0.29) is 0 Å². The van der Waals surface area contributed by atoms with Crippen LogP contribution in [0, 0.1) is 5.21 Å². The summed E-state index contributed by atoms with van der Waals surface area (Å²) in [4.78, 5) is 2.21. The van der Waals surface area contributed by atoms with Gasteiger partial charge in [-0.15, -0.1) is 0 Å². The van der Waals surface area contributed by atoms with Gasteiger partial charge < -0.3 is 5.21 Å². The fraction of sp³-hybridized carbons (Fsp3) is 0.455. The van der Waals surface area contributed by atoms with Crippen LogP contribution in [0.5, 0.6) is 0 Å². The first kappa shape index (κ1) is 19.8. The molecule has 0 bridgehead atoms. The van der Waals surface area contributed by atoms with Crippen LogP contribution in [0.4, 0.5) is 25.2 Å². The molecule has 0 saturated carbocycles. The summed E-state index contributed by atoms with van der Waals surface area (Å²) in [6.45, 7) is 3.19. The van der Waals surface area contributed by atoms with Gasteiger partial charge in [-0.1, -0.05) is 0 Å². The number of likely N-dealkylation sites (N-methyl/N-ethyl adjacent to an activating group) is 2. The predicted octanol–water partition coefficient (Wildman–Crippen LogP) is 4.13. The Kier molecular flexibility index (Phi) is 4.91. The van der Waals surface area contributed by atoms with Crippen LogP contribution in [0.1, 0.15) is 6.92 Å². The van der Waals surface area contributed by atoms with Gasteiger partial charge in [-0.2, -0.15) is 4.73 Å². The quantitative estimate of drug-likeness (QED) is 0.317. The Balaban J connectivity index is 0.000000322. The molecule has 1 aliphatic heterocycles. The van der Waals surface area contributed by atoms with Crippen LogP contribution in [0.25, 0.3) is 0 Å². The number of nitrogens with zero attached hydrogens (tertiary/aromatic N) is 3. The zero-order valence-corrected chi connectivity index (χ0v) is 14.2. The normalized spacial score (nSPS) is 21.4. The standard InChI is InChI=1S/C11H16N3OS.F6P/c1-9-8-12(2)11(13(9)3)16-10-6-4-5-7-14(10)15;1-7(2,3,4,5)6/h4-7,9H,8H2,1-3H3;/q+1;-1. The van der Waals surface area contributed by atoms with Gasteiger partial charge in [0, 0.05) is 12.1 Å². The molecule has 0 saturated heterocycles. The Bertz CT molecular complexity index is 610. The first-order chi connectivity index (χ1) is 10.0. The first-order valence-electron chi connectivity index (χ1n) is 6.28. The fourth-order valence-corrected chi connectivity index (χ4v) is 2.83. The number of rotatable bonds is 1. The van der Waals surface area contributed by atoms with E-state index in [1.807, 2.05) is 12.1 Å². The molecule has 0 spiro atoms. The Morgan fingerprint density at radius 1 is 1.22 bits per heavy atom. The summed E-state index contributed by atoms with van der Waals surface area (Å²) in [6, 6.07) is 5.97. The molecule has 0 radical (unpaired) electrons. The number of thioether (sulfide) groups is 1. The molecule has 1 unspecified atom stereocenters. The summed E-state index contributed by atoms with van der Waals surface area (Å²) >= 11 is 1.52. The summed E-state index contributed by atoms with van der Waals surface area (Å²) in [6.07, 6.45) is 1.53. The zero-order chi connectivity index (χ0) is 18.1. The van der Waals surface area contributed by atoms with E-state index >= 15 is 0 Å². The summed E-state index contributed by atoms with van der Waals surface area (Å²) in [7, 11) is -6.54. The third-order valence-corrected chi connectivity index (χ3v) is 4.12. The number of hydrogen-bond acceptors (Lipinski definition) is 3. The second kappa shape index (κ2) is 5.70. The van der Waals surface area contributed by atoms with Crippen molar-refractivity contribution in [2.45, 2.75) is 18.0 Å². The van der Waals surface area contributed by atoms with Crippen molar-refractivity contribution < 1.29 is 34.5 Å². The van der Waals surface area contributed by atoms with E-state index in [9.17, 15) is 30.4 Å². The van der Waals surface area contributed by atoms with Gasteiger partial charge in [0.15, 0.2) is 6.20 Å². The van der Waals surface area contributed by atoms with E-state index in [1.165, 1.54) is 18.0 Å². The van der Waals surface area contributed by atoms with Crippen LogP contribution in [-0.2, 0) is 0 Å². The molecule has 2 heterocycles. The molecule has 0 aromatic carbocycles. The predicted molar refractivity (Wildman–Crippen MR) is 78.1 cm³/mol. The first-order valence-corrected chi connectivity index (χ1v) is 9.12. The van der Waals surface area contributed by atoms with Crippen molar-refractivity contribution in [3.05, 3.63) is 29.6 Å². The summed E-state index contributed by atoms with van der Waals surface area (Å²) in [5, 5.41) is 13.4. The molecule has 0 N–H and O–H groups in total. The minimum atomic E-state index is -10.7. The van der Waals surface area contributed by atoms with Gasteiger partial charge >= 0.3 is 38.2 Å². The van der Waals surface area contributed by atoms with Gasteiger partial charge in [-0.3, -0.25) is 9.48 Å². The molecule has 0 aliphatic carbocycles. The van der Waals surface area contributed by atoms with E-state index < -0.39 is 7.81 Å². The zero-order valence-electron chi connectivity index (χ0n) is 12.5. The van der Waals surface area contributed by atoms with Crippen LogP contribution in [-0.4, -0.2) is 41.3 Å². The molecule has 4 nitrogen and oxygen atoms in total. The van der Waals surface area contributed by atoms with Crippen LogP contribution in [0.15, 0.2) is 29.4 Å². The molecular weight excluding hydrogens is 367 g/mol. The number of hydrogen-bond donors (Lipinski definition) is 0. The average molecular weight is 383 g/mol. The van der Waals surface area contributed by atoms with Crippen LogP contribution in [0.3, 0.4) is 0 Å². The number of halogens is 6. The molecule has 0 amide bonds. The van der Waals surface area contributed by atoms with Crippen LogP contribution in [0.2, 0.25) is 0 Å². The molecule has 1 aromatic heterocycles.